The molecule has 0 N–H and O–H groups in total. The highest BCUT2D eigenvalue weighted by Crippen LogP contribution is 2.20. The van der Waals surface area contributed by atoms with Crippen LogP contribution in [0.25, 0.3) is 10.8 Å². The second kappa shape index (κ2) is 7.17. The summed E-state index contributed by atoms with van der Waals surface area (Å²) < 4.78 is 19.2. The van der Waals surface area contributed by atoms with Crippen LogP contribution in [0.15, 0.2) is 48.7 Å². The normalized spacial score (nSPS) is 10.8. The van der Waals surface area contributed by atoms with Crippen LogP contribution in [0.4, 0.5) is 4.39 Å². The summed E-state index contributed by atoms with van der Waals surface area (Å²) >= 11 is 0. The van der Waals surface area contributed by atoms with Gasteiger partial charge in [-0.1, -0.05) is 24.3 Å². The summed E-state index contributed by atoms with van der Waals surface area (Å²) in [6.07, 6.45) is 1.80. The Kier molecular flexibility index (Phi) is 4.79. The van der Waals surface area contributed by atoms with Gasteiger partial charge in [0.15, 0.2) is 0 Å². The molecule has 3 rings (SSSR count). The lowest BCUT2D eigenvalue weighted by Gasteiger charge is -2.06. The van der Waals surface area contributed by atoms with E-state index in [1.165, 1.54) is 12.3 Å². The fourth-order valence-electron chi connectivity index (χ4n) is 2.61. The summed E-state index contributed by atoms with van der Waals surface area (Å²) in [4.78, 5) is 12.3. The first-order chi connectivity index (χ1) is 11.7. The number of aromatic nitrogens is 2. The minimum Gasteiger partial charge on any atom is -0.494 e. The fourth-order valence-corrected chi connectivity index (χ4v) is 2.61. The first kappa shape index (κ1) is 16.1. The third-order valence-corrected chi connectivity index (χ3v) is 3.73. The zero-order chi connectivity index (χ0) is 16.9. The smallest absolute Gasteiger partial charge is 0.143 e. The zero-order valence-electron chi connectivity index (χ0n) is 13.3. The van der Waals surface area contributed by atoms with Crippen molar-refractivity contribution in [3.05, 3.63) is 65.7 Å². The first-order valence-corrected chi connectivity index (χ1v) is 7.79. The van der Waals surface area contributed by atoms with Crippen LogP contribution >= 0.6 is 0 Å². The van der Waals surface area contributed by atoms with Gasteiger partial charge < -0.3 is 4.74 Å². The molecule has 1 heterocycles. The number of carbonyl (C=O) groups excluding carboxylic acids is 1. The molecule has 122 valence electrons. The van der Waals surface area contributed by atoms with E-state index in [4.69, 9.17) is 4.74 Å². The third-order valence-electron chi connectivity index (χ3n) is 3.73. The Morgan fingerprint density at radius 1 is 1.08 bits per heavy atom. The molecule has 0 amide bonds. The van der Waals surface area contributed by atoms with Crippen LogP contribution < -0.4 is 4.74 Å². The van der Waals surface area contributed by atoms with Gasteiger partial charge in [0.05, 0.1) is 24.9 Å². The van der Waals surface area contributed by atoms with Crippen molar-refractivity contribution in [1.82, 2.24) is 10.2 Å². The number of halogens is 1. The maximum atomic E-state index is 13.8. The number of carbonyl (C=O) groups is 1. The van der Waals surface area contributed by atoms with E-state index in [-0.39, 0.29) is 18.0 Å². The lowest BCUT2D eigenvalue weighted by Crippen LogP contribution is -2.09. The molecule has 0 spiro atoms. The molecule has 0 fully saturated rings. The van der Waals surface area contributed by atoms with Crippen molar-refractivity contribution >= 4 is 16.6 Å². The molecular weight excluding hydrogens is 307 g/mol. The predicted octanol–water partition coefficient (Wildman–Crippen LogP) is 3.52. The molecule has 3 aromatic rings. The molecule has 0 saturated carbocycles. The maximum Gasteiger partial charge on any atom is 0.143 e. The first-order valence-electron chi connectivity index (χ1n) is 7.79. The molecular formula is C19H17FN2O2. The molecule has 0 aliphatic rings. The highest BCUT2D eigenvalue weighted by Gasteiger charge is 2.12. The van der Waals surface area contributed by atoms with Crippen molar-refractivity contribution in [3.63, 3.8) is 0 Å². The van der Waals surface area contributed by atoms with Crippen LogP contribution in [0.5, 0.6) is 5.75 Å². The van der Waals surface area contributed by atoms with E-state index in [1.54, 1.807) is 12.1 Å². The van der Waals surface area contributed by atoms with Gasteiger partial charge in [-0.15, -0.1) is 0 Å². The molecule has 0 atom stereocenters. The lowest BCUT2D eigenvalue weighted by atomic mass is 10.0. The average Bonchev–Trinajstić information content (AvgIpc) is 2.58. The molecule has 1 aromatic heterocycles. The second-order valence-corrected chi connectivity index (χ2v) is 5.46. The SMILES string of the molecule is CCOc1ccc(CC(=O)Cc2nncc3c(F)cccc23)cc1. The van der Waals surface area contributed by atoms with Gasteiger partial charge in [-0.05, 0) is 30.7 Å². The van der Waals surface area contributed by atoms with E-state index in [2.05, 4.69) is 10.2 Å². The van der Waals surface area contributed by atoms with Gasteiger partial charge in [0.1, 0.15) is 17.3 Å². The van der Waals surface area contributed by atoms with Crippen LogP contribution in [0.2, 0.25) is 0 Å². The number of Topliss-reactive ketones (excluding diaryl/α,β-unsaturated/α-hetero) is 1. The fraction of sp³-hybridized carbons (Fsp3) is 0.211. The van der Waals surface area contributed by atoms with Crippen molar-refractivity contribution in [2.45, 2.75) is 19.8 Å². The number of hydrogen-bond acceptors (Lipinski definition) is 4. The Morgan fingerprint density at radius 3 is 2.62 bits per heavy atom. The summed E-state index contributed by atoms with van der Waals surface area (Å²) in [5, 5.41) is 8.83. The minimum absolute atomic E-state index is 0.00483. The van der Waals surface area contributed by atoms with Gasteiger partial charge in [-0.2, -0.15) is 10.2 Å². The molecule has 0 aliphatic heterocycles. The monoisotopic (exact) mass is 324 g/mol. The van der Waals surface area contributed by atoms with Crippen LogP contribution in [0, 0.1) is 5.82 Å². The Labute approximate surface area is 139 Å². The average molecular weight is 324 g/mol. The van der Waals surface area contributed by atoms with E-state index < -0.39 is 0 Å². The van der Waals surface area contributed by atoms with E-state index >= 15 is 0 Å². The summed E-state index contributed by atoms with van der Waals surface area (Å²) in [6.45, 7) is 2.53. The Bertz CT molecular complexity index is 863. The van der Waals surface area contributed by atoms with Crippen LogP contribution in [0.3, 0.4) is 0 Å². The van der Waals surface area contributed by atoms with Gasteiger partial charge in [0, 0.05) is 17.2 Å². The van der Waals surface area contributed by atoms with Gasteiger partial charge in [-0.3, -0.25) is 4.79 Å². The molecule has 4 nitrogen and oxygen atoms in total. The maximum absolute atomic E-state index is 13.8. The molecule has 24 heavy (non-hydrogen) atoms. The standard InChI is InChI=1S/C19H17FN2O2/c1-2-24-15-8-6-13(7-9-15)10-14(23)11-19-16-4-3-5-18(20)17(16)12-21-22-19/h3-9,12H,2,10-11H2,1H3. The summed E-state index contributed by atoms with van der Waals surface area (Å²) in [5.74, 6) is 0.428. The Balaban J connectivity index is 1.74. The number of ketones is 1. The van der Waals surface area contributed by atoms with Crippen LogP contribution in [0.1, 0.15) is 18.2 Å². The predicted molar refractivity (Wildman–Crippen MR) is 89.5 cm³/mol. The van der Waals surface area contributed by atoms with E-state index in [1.807, 2.05) is 31.2 Å². The second-order valence-electron chi connectivity index (χ2n) is 5.46. The largest absolute Gasteiger partial charge is 0.494 e. The van der Waals surface area contributed by atoms with Gasteiger partial charge in [0.2, 0.25) is 0 Å². The van der Waals surface area contributed by atoms with Crippen molar-refractivity contribution in [3.8, 4) is 5.75 Å². The molecule has 0 radical (unpaired) electrons. The molecule has 0 aliphatic carbocycles. The molecule has 2 aromatic carbocycles. The number of fused-ring (bicyclic) bond motifs is 1. The lowest BCUT2D eigenvalue weighted by molar-refractivity contribution is -0.117. The van der Waals surface area contributed by atoms with Crippen molar-refractivity contribution in [2.24, 2.45) is 0 Å². The zero-order valence-corrected chi connectivity index (χ0v) is 13.3. The summed E-state index contributed by atoms with van der Waals surface area (Å²) in [5.41, 5.74) is 1.41. The quantitative estimate of drug-likeness (QED) is 0.696. The Hall–Kier alpha value is -2.82. The van der Waals surface area contributed by atoms with Crippen LogP contribution in [-0.4, -0.2) is 22.6 Å². The number of rotatable bonds is 6. The topological polar surface area (TPSA) is 52.1 Å². The summed E-state index contributed by atoms with van der Waals surface area (Å²) in [7, 11) is 0. The van der Waals surface area contributed by atoms with E-state index in [0.29, 0.717) is 29.5 Å². The third kappa shape index (κ3) is 3.56. The number of ether oxygens (including phenoxy) is 1. The highest BCUT2D eigenvalue weighted by molar-refractivity contribution is 5.90. The number of hydrogen-bond donors (Lipinski definition) is 0. The molecule has 0 bridgehead atoms. The number of benzene rings is 2. The number of nitrogens with zero attached hydrogens (tertiary/aromatic N) is 2. The summed E-state index contributed by atoms with van der Waals surface area (Å²) in [6, 6.07) is 12.2. The van der Waals surface area contributed by atoms with Crippen molar-refractivity contribution in [1.29, 1.82) is 0 Å². The van der Waals surface area contributed by atoms with Crippen molar-refractivity contribution < 1.29 is 13.9 Å². The minimum atomic E-state index is -0.359. The van der Waals surface area contributed by atoms with Crippen molar-refractivity contribution in [2.75, 3.05) is 6.61 Å². The molecule has 0 saturated heterocycles. The van der Waals surface area contributed by atoms with Gasteiger partial charge >= 0.3 is 0 Å². The Morgan fingerprint density at radius 2 is 1.88 bits per heavy atom. The van der Waals surface area contributed by atoms with E-state index in [9.17, 15) is 9.18 Å². The van der Waals surface area contributed by atoms with E-state index in [0.717, 1.165) is 11.3 Å². The van der Waals surface area contributed by atoms with Gasteiger partial charge in [0.25, 0.3) is 0 Å². The molecule has 0 unspecified atom stereocenters. The highest BCUT2D eigenvalue weighted by atomic mass is 19.1. The molecule has 5 heteroatoms. The van der Waals surface area contributed by atoms with Crippen LogP contribution in [-0.2, 0) is 17.6 Å². The van der Waals surface area contributed by atoms with Gasteiger partial charge in [-0.25, -0.2) is 4.39 Å².